The van der Waals surface area contributed by atoms with Crippen molar-refractivity contribution < 1.29 is 23.8 Å². The minimum Gasteiger partial charge on any atom is -0.486 e. The van der Waals surface area contributed by atoms with E-state index in [1.54, 1.807) is 17.5 Å². The highest BCUT2D eigenvalue weighted by molar-refractivity contribution is 7.09. The standard InChI is InChI=1S/C23H22N2O5S/c1-15-2-5-17(6-3-15)24-21(26)12-22-25-18(14-31-22)13-30-23(27)11-16-4-7-19-20(10-16)29-9-8-28-19/h2-7,10,14H,8-9,11-13H2,1H3,(H,24,26). The van der Waals surface area contributed by atoms with E-state index in [0.29, 0.717) is 35.4 Å². The van der Waals surface area contributed by atoms with Crippen LogP contribution < -0.4 is 14.8 Å². The summed E-state index contributed by atoms with van der Waals surface area (Å²) in [5, 5.41) is 5.32. The molecule has 0 bridgehead atoms. The first-order valence-electron chi connectivity index (χ1n) is 9.89. The fraction of sp³-hybridized carbons (Fsp3) is 0.261. The van der Waals surface area contributed by atoms with E-state index in [1.165, 1.54) is 11.3 Å². The van der Waals surface area contributed by atoms with Gasteiger partial charge in [0, 0.05) is 11.1 Å². The van der Waals surface area contributed by atoms with Gasteiger partial charge < -0.3 is 19.5 Å². The van der Waals surface area contributed by atoms with Gasteiger partial charge >= 0.3 is 5.97 Å². The van der Waals surface area contributed by atoms with Crippen molar-refractivity contribution in [2.45, 2.75) is 26.4 Å². The molecule has 1 N–H and O–H groups in total. The van der Waals surface area contributed by atoms with Crippen molar-refractivity contribution in [2.75, 3.05) is 18.5 Å². The maximum Gasteiger partial charge on any atom is 0.310 e. The average molecular weight is 439 g/mol. The number of esters is 1. The molecule has 1 amide bonds. The van der Waals surface area contributed by atoms with Crippen LogP contribution in [0.5, 0.6) is 11.5 Å². The number of rotatable bonds is 7. The molecule has 8 heteroatoms. The van der Waals surface area contributed by atoms with Gasteiger partial charge in [-0.15, -0.1) is 11.3 Å². The van der Waals surface area contributed by atoms with Crippen LogP contribution in [0.4, 0.5) is 5.69 Å². The van der Waals surface area contributed by atoms with Crippen molar-refractivity contribution in [3.63, 3.8) is 0 Å². The third-order valence-electron chi connectivity index (χ3n) is 4.58. The topological polar surface area (TPSA) is 86.8 Å². The highest BCUT2D eigenvalue weighted by Gasteiger charge is 2.14. The minimum absolute atomic E-state index is 0.0689. The van der Waals surface area contributed by atoms with Crippen LogP contribution in [0.1, 0.15) is 21.8 Å². The Morgan fingerprint density at radius 1 is 1.06 bits per heavy atom. The molecular formula is C23H22N2O5S. The second-order valence-electron chi connectivity index (χ2n) is 7.14. The molecule has 1 aromatic heterocycles. The van der Waals surface area contributed by atoms with Gasteiger partial charge in [0.1, 0.15) is 24.8 Å². The molecule has 1 aliphatic heterocycles. The van der Waals surface area contributed by atoms with E-state index in [4.69, 9.17) is 14.2 Å². The molecule has 3 aromatic rings. The molecule has 0 unspecified atom stereocenters. The Bertz CT molecular complexity index is 1080. The van der Waals surface area contributed by atoms with Crippen molar-refractivity contribution in [3.8, 4) is 11.5 Å². The Kier molecular flexibility index (Phi) is 6.47. The van der Waals surface area contributed by atoms with Gasteiger partial charge in [-0.25, -0.2) is 4.98 Å². The van der Waals surface area contributed by atoms with Crippen LogP contribution >= 0.6 is 11.3 Å². The second kappa shape index (κ2) is 9.61. The van der Waals surface area contributed by atoms with Gasteiger partial charge in [0.15, 0.2) is 11.5 Å². The maximum absolute atomic E-state index is 12.2. The molecule has 0 fully saturated rings. The third-order valence-corrected chi connectivity index (χ3v) is 5.48. The van der Waals surface area contributed by atoms with Gasteiger partial charge in [-0.3, -0.25) is 9.59 Å². The summed E-state index contributed by atoms with van der Waals surface area (Å²) in [4.78, 5) is 28.8. The molecule has 0 radical (unpaired) electrons. The van der Waals surface area contributed by atoms with Crippen LogP contribution in [0, 0.1) is 6.92 Å². The summed E-state index contributed by atoms with van der Waals surface area (Å²) in [5.74, 6) is 0.832. The molecule has 31 heavy (non-hydrogen) atoms. The molecule has 0 saturated heterocycles. The number of carbonyl (C=O) groups excluding carboxylic acids is 2. The summed E-state index contributed by atoms with van der Waals surface area (Å²) in [6.07, 6.45) is 0.302. The van der Waals surface area contributed by atoms with E-state index in [2.05, 4.69) is 10.3 Å². The second-order valence-corrected chi connectivity index (χ2v) is 8.08. The first-order chi connectivity index (χ1) is 15.0. The van der Waals surface area contributed by atoms with E-state index >= 15 is 0 Å². The van der Waals surface area contributed by atoms with E-state index in [-0.39, 0.29) is 31.3 Å². The molecular weight excluding hydrogens is 416 g/mol. The van der Waals surface area contributed by atoms with Crippen LogP contribution in [0.3, 0.4) is 0 Å². The zero-order chi connectivity index (χ0) is 21.6. The fourth-order valence-corrected chi connectivity index (χ4v) is 3.82. The zero-order valence-electron chi connectivity index (χ0n) is 17.1. The number of amides is 1. The van der Waals surface area contributed by atoms with Crippen molar-refractivity contribution in [1.29, 1.82) is 0 Å². The Morgan fingerprint density at radius 3 is 2.65 bits per heavy atom. The molecule has 0 saturated carbocycles. The predicted octanol–water partition coefficient (Wildman–Crippen LogP) is 3.69. The van der Waals surface area contributed by atoms with E-state index < -0.39 is 0 Å². The summed E-state index contributed by atoms with van der Waals surface area (Å²) in [5.41, 5.74) is 3.30. The van der Waals surface area contributed by atoms with Gasteiger partial charge in [0.25, 0.3) is 0 Å². The van der Waals surface area contributed by atoms with E-state index in [1.807, 2.05) is 37.3 Å². The van der Waals surface area contributed by atoms with E-state index in [9.17, 15) is 9.59 Å². The fourth-order valence-electron chi connectivity index (χ4n) is 3.05. The molecule has 0 spiro atoms. The summed E-state index contributed by atoms with van der Waals surface area (Å²) >= 11 is 1.37. The molecule has 0 atom stereocenters. The summed E-state index contributed by atoms with van der Waals surface area (Å²) in [6.45, 7) is 3.08. The van der Waals surface area contributed by atoms with Crippen LogP contribution in [0.2, 0.25) is 0 Å². The number of anilines is 1. The number of nitrogens with one attached hydrogen (secondary N) is 1. The van der Waals surface area contributed by atoms with Crippen molar-refractivity contribution in [2.24, 2.45) is 0 Å². The van der Waals surface area contributed by atoms with E-state index in [0.717, 1.165) is 16.8 Å². The van der Waals surface area contributed by atoms with Crippen LogP contribution in [0.15, 0.2) is 47.8 Å². The monoisotopic (exact) mass is 438 g/mol. The number of hydrogen-bond acceptors (Lipinski definition) is 7. The number of fused-ring (bicyclic) bond motifs is 1. The van der Waals surface area contributed by atoms with Crippen molar-refractivity contribution >= 4 is 28.9 Å². The molecule has 7 nitrogen and oxygen atoms in total. The first-order valence-corrected chi connectivity index (χ1v) is 10.8. The van der Waals surface area contributed by atoms with Gasteiger partial charge in [0.2, 0.25) is 5.91 Å². The number of benzene rings is 2. The Hall–Kier alpha value is -3.39. The normalized spacial score (nSPS) is 12.3. The summed E-state index contributed by atoms with van der Waals surface area (Å²) < 4.78 is 16.3. The number of hydrogen-bond donors (Lipinski definition) is 1. The number of aryl methyl sites for hydroxylation is 1. The number of aromatic nitrogens is 1. The Labute approximate surface area is 184 Å². The predicted molar refractivity (Wildman–Crippen MR) is 117 cm³/mol. The van der Waals surface area contributed by atoms with Gasteiger partial charge in [-0.05, 0) is 36.8 Å². The van der Waals surface area contributed by atoms with Gasteiger partial charge in [0.05, 0.1) is 18.5 Å². The minimum atomic E-state index is -0.358. The smallest absolute Gasteiger partial charge is 0.310 e. The SMILES string of the molecule is Cc1ccc(NC(=O)Cc2nc(COC(=O)Cc3ccc4c(c3)OCCO4)cs2)cc1. The number of ether oxygens (including phenoxy) is 3. The lowest BCUT2D eigenvalue weighted by molar-refractivity contribution is -0.144. The molecule has 4 rings (SSSR count). The zero-order valence-corrected chi connectivity index (χ0v) is 17.9. The number of nitrogens with zero attached hydrogens (tertiary/aromatic N) is 1. The van der Waals surface area contributed by atoms with Crippen molar-refractivity contribution in [1.82, 2.24) is 4.98 Å². The molecule has 160 valence electrons. The van der Waals surface area contributed by atoms with Crippen molar-refractivity contribution in [3.05, 3.63) is 69.7 Å². The Morgan fingerprint density at radius 2 is 1.84 bits per heavy atom. The maximum atomic E-state index is 12.2. The lowest BCUT2D eigenvalue weighted by Crippen LogP contribution is -2.16. The Balaban J connectivity index is 1.24. The highest BCUT2D eigenvalue weighted by atomic mass is 32.1. The largest absolute Gasteiger partial charge is 0.486 e. The number of carbonyl (C=O) groups is 2. The lowest BCUT2D eigenvalue weighted by Gasteiger charge is -2.18. The van der Waals surface area contributed by atoms with Gasteiger partial charge in [-0.2, -0.15) is 0 Å². The first kappa shape index (κ1) is 20.9. The molecule has 0 aliphatic carbocycles. The average Bonchev–Trinajstić information content (AvgIpc) is 3.21. The van der Waals surface area contributed by atoms with Gasteiger partial charge in [-0.1, -0.05) is 23.8 Å². The third kappa shape index (κ3) is 5.82. The summed E-state index contributed by atoms with van der Waals surface area (Å²) in [7, 11) is 0. The molecule has 2 aromatic carbocycles. The lowest BCUT2D eigenvalue weighted by atomic mass is 10.1. The van der Waals surface area contributed by atoms with Crippen LogP contribution in [-0.2, 0) is 33.8 Å². The van der Waals surface area contributed by atoms with Crippen LogP contribution in [0.25, 0.3) is 0 Å². The van der Waals surface area contributed by atoms with Crippen LogP contribution in [-0.4, -0.2) is 30.1 Å². The molecule has 1 aliphatic rings. The number of thiazole rings is 1. The molecule has 2 heterocycles. The quantitative estimate of drug-likeness (QED) is 0.566. The highest BCUT2D eigenvalue weighted by Crippen LogP contribution is 2.31. The summed E-state index contributed by atoms with van der Waals surface area (Å²) in [6, 6.07) is 13.0.